The van der Waals surface area contributed by atoms with E-state index in [0.29, 0.717) is 6.04 Å². The van der Waals surface area contributed by atoms with Crippen LogP contribution < -0.4 is 10.6 Å². The van der Waals surface area contributed by atoms with Crippen molar-refractivity contribution in [2.24, 2.45) is 4.99 Å². The summed E-state index contributed by atoms with van der Waals surface area (Å²) in [7, 11) is 0. The van der Waals surface area contributed by atoms with Gasteiger partial charge in [0.25, 0.3) is 0 Å². The molecule has 0 aromatic rings. The first-order valence-corrected chi connectivity index (χ1v) is 9.43. The van der Waals surface area contributed by atoms with Crippen LogP contribution in [0.5, 0.6) is 0 Å². The first-order valence-electron chi connectivity index (χ1n) is 8.28. The van der Waals surface area contributed by atoms with Crippen molar-refractivity contribution in [3.05, 3.63) is 0 Å². The van der Waals surface area contributed by atoms with Gasteiger partial charge in [-0.3, -0.25) is 9.89 Å². The standard InChI is InChI=1S/C15H28N4OS.HI/c1-2-16-14(18-13-3-4-13)17-11-15(5-10-21-12-15)19-6-8-20-9-7-19;/h13H,2-12H2,1H3,(H2,16,17,18);1H. The molecule has 2 heterocycles. The van der Waals surface area contributed by atoms with Crippen LogP contribution in [0.25, 0.3) is 0 Å². The average Bonchev–Trinajstić information content (AvgIpc) is 3.21. The molecule has 3 rings (SSSR count). The Hall–Kier alpha value is 0.270. The summed E-state index contributed by atoms with van der Waals surface area (Å²) in [5.41, 5.74) is 0.250. The molecular weight excluding hydrogens is 411 g/mol. The molecule has 3 fully saturated rings. The highest BCUT2D eigenvalue weighted by atomic mass is 127. The van der Waals surface area contributed by atoms with Crippen LogP contribution in [0.2, 0.25) is 0 Å². The van der Waals surface area contributed by atoms with E-state index in [2.05, 4.69) is 34.2 Å². The number of halogens is 1. The molecule has 0 amide bonds. The van der Waals surface area contributed by atoms with E-state index in [0.717, 1.165) is 45.4 Å². The van der Waals surface area contributed by atoms with Gasteiger partial charge in [0, 0.05) is 31.4 Å². The quantitative estimate of drug-likeness (QED) is 0.386. The smallest absolute Gasteiger partial charge is 0.191 e. The average molecular weight is 440 g/mol. The predicted molar refractivity (Wildman–Crippen MR) is 105 cm³/mol. The van der Waals surface area contributed by atoms with Crippen LogP contribution in [0.3, 0.4) is 0 Å². The molecule has 3 aliphatic rings. The van der Waals surface area contributed by atoms with Crippen molar-refractivity contribution in [1.29, 1.82) is 0 Å². The van der Waals surface area contributed by atoms with E-state index < -0.39 is 0 Å². The van der Waals surface area contributed by atoms with Crippen molar-refractivity contribution in [3.8, 4) is 0 Å². The molecular formula is C15H29IN4OS. The zero-order chi connectivity index (χ0) is 14.5. The highest BCUT2D eigenvalue weighted by Crippen LogP contribution is 2.34. The molecule has 0 bridgehead atoms. The molecule has 2 N–H and O–H groups in total. The van der Waals surface area contributed by atoms with Crippen LogP contribution in [0, 0.1) is 0 Å². The van der Waals surface area contributed by atoms with E-state index in [4.69, 9.17) is 9.73 Å². The van der Waals surface area contributed by atoms with Gasteiger partial charge in [-0.05, 0) is 31.9 Å². The molecule has 0 spiro atoms. The van der Waals surface area contributed by atoms with Crippen molar-refractivity contribution >= 4 is 41.7 Å². The molecule has 0 radical (unpaired) electrons. The van der Waals surface area contributed by atoms with Crippen LogP contribution in [0.15, 0.2) is 4.99 Å². The molecule has 1 atom stereocenters. The lowest BCUT2D eigenvalue weighted by Gasteiger charge is -2.42. The molecule has 1 aliphatic carbocycles. The molecule has 0 aromatic heterocycles. The second kappa shape index (κ2) is 8.94. The third-order valence-corrected chi connectivity index (χ3v) is 5.79. The Bertz CT molecular complexity index is 367. The largest absolute Gasteiger partial charge is 0.379 e. The summed E-state index contributed by atoms with van der Waals surface area (Å²) < 4.78 is 5.52. The van der Waals surface area contributed by atoms with Gasteiger partial charge in [0.05, 0.1) is 25.3 Å². The van der Waals surface area contributed by atoms with Crippen molar-refractivity contribution in [1.82, 2.24) is 15.5 Å². The van der Waals surface area contributed by atoms with Crippen molar-refractivity contribution in [2.75, 3.05) is 50.9 Å². The first kappa shape index (κ1) is 18.6. The van der Waals surface area contributed by atoms with Gasteiger partial charge in [-0.2, -0.15) is 11.8 Å². The summed E-state index contributed by atoms with van der Waals surface area (Å²) in [6.45, 7) is 7.82. The number of hydrogen-bond acceptors (Lipinski definition) is 4. The van der Waals surface area contributed by atoms with Gasteiger partial charge in [-0.15, -0.1) is 24.0 Å². The lowest BCUT2D eigenvalue weighted by Crippen LogP contribution is -2.56. The van der Waals surface area contributed by atoms with Crippen LogP contribution in [0.4, 0.5) is 0 Å². The number of nitrogens with one attached hydrogen (secondary N) is 2. The third-order valence-electron chi connectivity index (χ3n) is 4.56. The monoisotopic (exact) mass is 440 g/mol. The number of morpholine rings is 1. The lowest BCUT2D eigenvalue weighted by atomic mass is 9.96. The fourth-order valence-electron chi connectivity index (χ4n) is 3.08. The van der Waals surface area contributed by atoms with Gasteiger partial charge in [-0.25, -0.2) is 0 Å². The summed E-state index contributed by atoms with van der Waals surface area (Å²) in [6, 6.07) is 0.653. The molecule has 2 aliphatic heterocycles. The normalized spacial score (nSPS) is 30.0. The maximum Gasteiger partial charge on any atom is 0.191 e. The minimum atomic E-state index is 0. The Balaban J connectivity index is 0.00000176. The molecule has 5 nitrogen and oxygen atoms in total. The Morgan fingerprint density at radius 2 is 2.14 bits per heavy atom. The molecule has 2 saturated heterocycles. The number of ether oxygens (including phenoxy) is 1. The Kier molecular flexibility index (Phi) is 7.56. The number of nitrogens with zero attached hydrogens (tertiary/aromatic N) is 2. The van der Waals surface area contributed by atoms with Crippen molar-refractivity contribution in [3.63, 3.8) is 0 Å². The summed E-state index contributed by atoms with van der Waals surface area (Å²) in [5, 5.41) is 6.91. The summed E-state index contributed by atoms with van der Waals surface area (Å²) >= 11 is 2.07. The van der Waals surface area contributed by atoms with Gasteiger partial charge in [0.2, 0.25) is 0 Å². The summed E-state index contributed by atoms with van der Waals surface area (Å²) in [4.78, 5) is 7.55. The van der Waals surface area contributed by atoms with Crippen LogP contribution in [-0.2, 0) is 4.74 Å². The third kappa shape index (κ3) is 4.88. The second-order valence-electron chi connectivity index (χ2n) is 6.24. The Morgan fingerprint density at radius 3 is 2.73 bits per heavy atom. The predicted octanol–water partition coefficient (Wildman–Crippen LogP) is 1.53. The van der Waals surface area contributed by atoms with Gasteiger partial charge < -0.3 is 15.4 Å². The molecule has 7 heteroatoms. The highest BCUT2D eigenvalue weighted by Gasteiger charge is 2.40. The first-order chi connectivity index (χ1) is 10.3. The van der Waals surface area contributed by atoms with E-state index in [1.165, 1.54) is 30.8 Å². The van der Waals surface area contributed by atoms with E-state index in [9.17, 15) is 0 Å². The zero-order valence-electron chi connectivity index (χ0n) is 13.5. The topological polar surface area (TPSA) is 48.9 Å². The maximum absolute atomic E-state index is 5.52. The molecule has 128 valence electrons. The van der Waals surface area contributed by atoms with Gasteiger partial charge in [0.1, 0.15) is 0 Å². The summed E-state index contributed by atoms with van der Waals surface area (Å²) in [5.74, 6) is 3.48. The molecule has 22 heavy (non-hydrogen) atoms. The Morgan fingerprint density at radius 1 is 1.36 bits per heavy atom. The van der Waals surface area contributed by atoms with Crippen molar-refractivity contribution < 1.29 is 4.74 Å². The lowest BCUT2D eigenvalue weighted by molar-refractivity contribution is -0.0104. The number of guanidine groups is 1. The van der Waals surface area contributed by atoms with Gasteiger partial charge in [0.15, 0.2) is 5.96 Å². The van der Waals surface area contributed by atoms with Gasteiger partial charge >= 0.3 is 0 Å². The Labute approximate surface area is 155 Å². The minimum absolute atomic E-state index is 0. The van der Waals surface area contributed by atoms with Crippen LogP contribution in [0.1, 0.15) is 26.2 Å². The van der Waals surface area contributed by atoms with Crippen LogP contribution >= 0.6 is 35.7 Å². The van der Waals surface area contributed by atoms with Crippen molar-refractivity contribution in [2.45, 2.75) is 37.8 Å². The maximum atomic E-state index is 5.52. The van der Waals surface area contributed by atoms with E-state index in [-0.39, 0.29) is 29.5 Å². The molecule has 0 aromatic carbocycles. The summed E-state index contributed by atoms with van der Waals surface area (Å²) in [6.07, 6.45) is 3.83. The zero-order valence-corrected chi connectivity index (χ0v) is 16.6. The molecule has 1 saturated carbocycles. The fourth-order valence-corrected chi connectivity index (χ4v) is 4.54. The number of thioether (sulfide) groups is 1. The molecule has 1 unspecified atom stereocenters. The minimum Gasteiger partial charge on any atom is -0.379 e. The van der Waals surface area contributed by atoms with E-state index in [1.807, 2.05) is 0 Å². The van der Waals surface area contributed by atoms with Crippen LogP contribution in [-0.4, -0.2) is 73.3 Å². The number of hydrogen-bond donors (Lipinski definition) is 2. The number of aliphatic imine (C=N–C) groups is 1. The van der Waals surface area contributed by atoms with Gasteiger partial charge in [-0.1, -0.05) is 0 Å². The number of rotatable bonds is 5. The SMILES string of the molecule is CCNC(=NCC1(N2CCOCC2)CCSC1)NC1CC1.I. The van der Waals surface area contributed by atoms with E-state index in [1.54, 1.807) is 0 Å². The highest BCUT2D eigenvalue weighted by molar-refractivity contribution is 14.0. The second-order valence-corrected chi connectivity index (χ2v) is 7.35. The van der Waals surface area contributed by atoms with E-state index >= 15 is 0 Å². The fraction of sp³-hybridized carbons (Fsp3) is 0.933.